The Kier molecular flexibility index (Phi) is 6.63. The third-order valence-electron chi connectivity index (χ3n) is 6.55. The average Bonchev–Trinajstić information content (AvgIpc) is 2.67. The van der Waals surface area contributed by atoms with Gasteiger partial charge in [0.15, 0.2) is 8.32 Å². The van der Waals surface area contributed by atoms with Gasteiger partial charge in [-0.2, -0.15) is 4.31 Å². The fourth-order valence-corrected chi connectivity index (χ4v) is 6.79. The van der Waals surface area contributed by atoms with E-state index in [1.54, 1.807) is 16.4 Å². The van der Waals surface area contributed by atoms with Crippen molar-refractivity contribution in [2.24, 2.45) is 0 Å². The van der Waals surface area contributed by atoms with Gasteiger partial charge in [0, 0.05) is 6.54 Å². The summed E-state index contributed by atoms with van der Waals surface area (Å²) in [6.45, 7) is 13.6. The zero-order valence-corrected chi connectivity index (χ0v) is 20.9. The van der Waals surface area contributed by atoms with E-state index >= 15 is 0 Å². The Morgan fingerprint density at radius 2 is 1.60 bits per heavy atom. The molecule has 1 aliphatic heterocycles. The first-order valence-electron chi connectivity index (χ1n) is 10.7. The van der Waals surface area contributed by atoms with Crippen LogP contribution in [0.25, 0.3) is 0 Å². The largest absolute Gasteiger partial charge is 0.412 e. The van der Waals surface area contributed by atoms with Gasteiger partial charge < -0.3 is 4.43 Å². The molecule has 30 heavy (non-hydrogen) atoms. The van der Waals surface area contributed by atoms with Crippen LogP contribution in [-0.2, 0) is 14.4 Å². The first-order valence-corrected chi connectivity index (χ1v) is 15.1. The summed E-state index contributed by atoms with van der Waals surface area (Å²) in [5.74, 6) is 0. The normalized spacial score (nSPS) is 21.5. The van der Waals surface area contributed by atoms with E-state index < -0.39 is 18.3 Å². The number of hydrogen-bond acceptors (Lipinski definition) is 3. The van der Waals surface area contributed by atoms with E-state index in [9.17, 15) is 8.42 Å². The SMILES string of the molecule is Cc1ccc(S(=O)(=O)N2CCC[C@H](O[Si](C)(C)C(C)(C)C)[C@@H]2c2ccccc2)cc1. The lowest BCUT2D eigenvalue weighted by molar-refractivity contribution is 0.0605. The van der Waals surface area contributed by atoms with Gasteiger partial charge in [-0.05, 0) is 55.6 Å². The van der Waals surface area contributed by atoms with Crippen molar-refractivity contribution in [1.82, 2.24) is 4.31 Å². The van der Waals surface area contributed by atoms with E-state index in [-0.39, 0.29) is 17.2 Å². The van der Waals surface area contributed by atoms with Crippen LogP contribution in [0.2, 0.25) is 18.1 Å². The van der Waals surface area contributed by atoms with E-state index in [1.807, 2.05) is 49.4 Å². The lowest BCUT2D eigenvalue weighted by Gasteiger charge is -2.46. The Labute approximate surface area is 183 Å². The van der Waals surface area contributed by atoms with Crippen molar-refractivity contribution in [2.45, 2.75) is 75.7 Å². The van der Waals surface area contributed by atoms with Crippen LogP contribution in [0.5, 0.6) is 0 Å². The maximum absolute atomic E-state index is 13.7. The molecular weight excluding hydrogens is 410 g/mol. The van der Waals surface area contributed by atoms with Gasteiger partial charge in [-0.15, -0.1) is 0 Å². The summed E-state index contributed by atoms with van der Waals surface area (Å²) in [6, 6.07) is 16.8. The van der Waals surface area contributed by atoms with Crippen LogP contribution in [0.15, 0.2) is 59.5 Å². The quantitative estimate of drug-likeness (QED) is 0.537. The third-order valence-corrected chi connectivity index (χ3v) is 12.9. The van der Waals surface area contributed by atoms with Gasteiger partial charge in [-0.3, -0.25) is 0 Å². The van der Waals surface area contributed by atoms with Gasteiger partial charge >= 0.3 is 0 Å². The molecule has 1 heterocycles. The number of piperidine rings is 1. The van der Waals surface area contributed by atoms with Gasteiger partial charge in [-0.1, -0.05) is 68.8 Å². The molecule has 3 rings (SSSR count). The molecule has 0 amide bonds. The summed E-state index contributed by atoms with van der Waals surface area (Å²) in [5, 5.41) is 0.0619. The van der Waals surface area contributed by atoms with Gasteiger partial charge in [0.25, 0.3) is 0 Å². The smallest absolute Gasteiger partial charge is 0.243 e. The van der Waals surface area contributed by atoms with Gasteiger partial charge in [0.2, 0.25) is 10.0 Å². The maximum Gasteiger partial charge on any atom is 0.243 e. The fraction of sp³-hybridized carbons (Fsp3) is 0.500. The zero-order valence-electron chi connectivity index (χ0n) is 19.1. The van der Waals surface area contributed by atoms with Crippen molar-refractivity contribution in [3.63, 3.8) is 0 Å². The minimum Gasteiger partial charge on any atom is -0.412 e. The lowest BCUT2D eigenvalue weighted by atomic mass is 9.95. The molecular formula is C24H35NO3SSi. The predicted octanol–water partition coefficient (Wildman–Crippen LogP) is 5.91. The predicted molar refractivity (Wildman–Crippen MR) is 126 cm³/mol. The Bertz CT molecular complexity index is 950. The molecule has 0 N–H and O–H groups in total. The second-order valence-electron chi connectivity index (χ2n) is 9.84. The molecule has 0 aliphatic carbocycles. The van der Waals surface area contributed by atoms with Crippen LogP contribution in [0.3, 0.4) is 0 Å². The molecule has 164 valence electrons. The number of sulfonamides is 1. The molecule has 6 heteroatoms. The van der Waals surface area contributed by atoms with Crippen molar-refractivity contribution in [3.8, 4) is 0 Å². The van der Waals surface area contributed by atoms with Crippen LogP contribution < -0.4 is 0 Å². The van der Waals surface area contributed by atoms with Crippen molar-refractivity contribution < 1.29 is 12.8 Å². The summed E-state index contributed by atoms with van der Waals surface area (Å²) in [4.78, 5) is 0.349. The monoisotopic (exact) mass is 445 g/mol. The summed E-state index contributed by atoms with van der Waals surface area (Å²) in [5.41, 5.74) is 2.04. The zero-order chi connectivity index (χ0) is 22.2. The van der Waals surface area contributed by atoms with Crippen molar-refractivity contribution >= 4 is 18.3 Å². The highest BCUT2D eigenvalue weighted by atomic mass is 32.2. The van der Waals surface area contributed by atoms with Crippen LogP contribution in [-0.4, -0.2) is 33.7 Å². The molecule has 0 saturated carbocycles. The van der Waals surface area contributed by atoms with Crippen LogP contribution in [0.1, 0.15) is 50.8 Å². The first kappa shape index (κ1) is 23.2. The highest BCUT2D eigenvalue weighted by Crippen LogP contribution is 2.43. The second kappa shape index (κ2) is 8.58. The molecule has 1 fully saturated rings. The third kappa shape index (κ3) is 4.72. The Hall–Kier alpha value is -1.47. The molecule has 2 aromatic carbocycles. The highest BCUT2D eigenvalue weighted by molar-refractivity contribution is 7.89. The molecule has 0 aromatic heterocycles. The van der Waals surface area contributed by atoms with Gasteiger partial charge in [0.1, 0.15) is 0 Å². The Morgan fingerprint density at radius 3 is 2.17 bits per heavy atom. The van der Waals surface area contributed by atoms with E-state index in [1.165, 1.54) is 0 Å². The molecule has 0 radical (unpaired) electrons. The Morgan fingerprint density at radius 1 is 1.00 bits per heavy atom. The van der Waals surface area contributed by atoms with Gasteiger partial charge in [0.05, 0.1) is 17.0 Å². The maximum atomic E-state index is 13.7. The van der Waals surface area contributed by atoms with Crippen molar-refractivity contribution in [1.29, 1.82) is 0 Å². The van der Waals surface area contributed by atoms with E-state index in [0.29, 0.717) is 11.4 Å². The standard InChI is InChI=1S/C24H35NO3SSi/c1-19-14-16-21(17-15-19)29(26,27)25-18-10-13-22(28-30(5,6)24(2,3)4)23(25)20-11-8-7-9-12-20/h7-9,11-12,14-17,22-23H,10,13,18H2,1-6H3/t22-,23-/m0/s1. The number of nitrogens with zero attached hydrogens (tertiary/aromatic N) is 1. The minimum atomic E-state index is -3.63. The molecule has 4 nitrogen and oxygen atoms in total. The van der Waals surface area contributed by atoms with E-state index in [2.05, 4.69) is 33.9 Å². The fourth-order valence-electron chi connectivity index (χ4n) is 3.76. The molecule has 2 atom stereocenters. The topological polar surface area (TPSA) is 46.6 Å². The number of rotatable bonds is 5. The van der Waals surface area contributed by atoms with Crippen molar-refractivity contribution in [3.05, 3.63) is 65.7 Å². The number of hydrogen-bond donors (Lipinski definition) is 0. The molecule has 2 aromatic rings. The molecule has 0 spiro atoms. The lowest BCUT2D eigenvalue weighted by Crippen LogP contribution is -2.51. The van der Waals surface area contributed by atoms with Crippen LogP contribution >= 0.6 is 0 Å². The van der Waals surface area contributed by atoms with Gasteiger partial charge in [-0.25, -0.2) is 8.42 Å². The summed E-state index contributed by atoms with van der Waals surface area (Å²) < 4.78 is 35.8. The average molecular weight is 446 g/mol. The first-order chi connectivity index (χ1) is 13.9. The second-order valence-corrected chi connectivity index (χ2v) is 16.5. The minimum absolute atomic E-state index is 0.0619. The summed E-state index contributed by atoms with van der Waals surface area (Å²) in [7, 11) is -5.70. The van der Waals surface area contributed by atoms with Crippen LogP contribution in [0, 0.1) is 6.92 Å². The number of aryl methyl sites for hydroxylation is 1. The number of benzene rings is 2. The molecule has 1 saturated heterocycles. The molecule has 0 unspecified atom stereocenters. The molecule has 1 aliphatic rings. The van der Waals surface area contributed by atoms with E-state index in [4.69, 9.17) is 4.43 Å². The highest BCUT2D eigenvalue weighted by Gasteiger charge is 2.45. The summed E-state index contributed by atoms with van der Waals surface area (Å²) in [6.07, 6.45) is 1.52. The molecule has 0 bridgehead atoms. The van der Waals surface area contributed by atoms with E-state index in [0.717, 1.165) is 24.0 Å². The Balaban J connectivity index is 2.04. The van der Waals surface area contributed by atoms with Crippen LogP contribution in [0.4, 0.5) is 0 Å². The summed E-state index contributed by atoms with van der Waals surface area (Å²) >= 11 is 0. The van der Waals surface area contributed by atoms with Crippen molar-refractivity contribution in [2.75, 3.05) is 6.54 Å².